The number of rotatable bonds is 3. The van der Waals surface area contributed by atoms with Crippen LogP contribution in [0, 0.1) is 6.92 Å². The largest absolute Gasteiger partial charge is 0.369 e. The van der Waals surface area contributed by atoms with Crippen molar-refractivity contribution < 1.29 is 0 Å². The van der Waals surface area contributed by atoms with Gasteiger partial charge in [-0.05, 0) is 37.6 Å². The fourth-order valence-electron chi connectivity index (χ4n) is 2.53. The molecule has 1 atom stereocenters. The lowest BCUT2D eigenvalue weighted by atomic mass is 10.1. The van der Waals surface area contributed by atoms with Crippen molar-refractivity contribution in [3.05, 3.63) is 28.2 Å². The molecule has 1 aliphatic heterocycles. The Kier molecular flexibility index (Phi) is 4.65. The molecule has 1 aromatic carbocycles. The normalized spacial score (nSPS) is 19.0. The molecule has 2 rings (SSSR count). The molecule has 1 heterocycles. The summed E-state index contributed by atoms with van der Waals surface area (Å²) in [5, 5.41) is 0. The molecule has 18 heavy (non-hydrogen) atoms. The highest BCUT2D eigenvalue weighted by molar-refractivity contribution is 9.10. The van der Waals surface area contributed by atoms with Gasteiger partial charge in [-0.25, -0.2) is 0 Å². The number of hydrogen-bond donors (Lipinski definition) is 1. The van der Waals surface area contributed by atoms with Crippen LogP contribution in [0.15, 0.2) is 22.7 Å². The second kappa shape index (κ2) is 6.04. The third-order valence-electron chi connectivity index (χ3n) is 3.78. The Labute approximate surface area is 118 Å². The standard InChI is InChI=1S/C14H22BrN3/c1-11-9-13(15)3-4-14(11)18-7-5-17(6-8-18)12(2)10-16/h3-4,9,12H,5-8,10,16H2,1-2H3. The SMILES string of the molecule is Cc1cc(Br)ccc1N1CCN(C(C)CN)CC1. The molecule has 0 amide bonds. The zero-order valence-electron chi connectivity index (χ0n) is 11.2. The number of nitrogens with zero attached hydrogens (tertiary/aromatic N) is 2. The molecule has 0 spiro atoms. The molecular formula is C14H22BrN3. The van der Waals surface area contributed by atoms with Crippen molar-refractivity contribution in [3.8, 4) is 0 Å². The Bertz CT molecular complexity index is 400. The highest BCUT2D eigenvalue weighted by atomic mass is 79.9. The molecule has 2 N–H and O–H groups in total. The summed E-state index contributed by atoms with van der Waals surface area (Å²) in [7, 11) is 0. The van der Waals surface area contributed by atoms with E-state index in [0.717, 1.165) is 37.2 Å². The molecular weight excluding hydrogens is 290 g/mol. The van der Waals surface area contributed by atoms with Gasteiger partial charge in [-0.15, -0.1) is 0 Å². The summed E-state index contributed by atoms with van der Waals surface area (Å²) in [6.07, 6.45) is 0. The van der Waals surface area contributed by atoms with Crippen LogP contribution in [0.4, 0.5) is 5.69 Å². The quantitative estimate of drug-likeness (QED) is 0.929. The molecule has 1 aromatic rings. The van der Waals surface area contributed by atoms with Gasteiger partial charge >= 0.3 is 0 Å². The van der Waals surface area contributed by atoms with E-state index in [1.807, 2.05) is 0 Å². The van der Waals surface area contributed by atoms with E-state index in [2.05, 4.69) is 57.8 Å². The monoisotopic (exact) mass is 311 g/mol. The van der Waals surface area contributed by atoms with E-state index >= 15 is 0 Å². The fourth-order valence-corrected chi connectivity index (χ4v) is 3.00. The van der Waals surface area contributed by atoms with Crippen molar-refractivity contribution in [2.45, 2.75) is 19.9 Å². The molecule has 0 aliphatic carbocycles. The first-order valence-electron chi connectivity index (χ1n) is 6.57. The minimum atomic E-state index is 0.498. The van der Waals surface area contributed by atoms with Crippen LogP contribution < -0.4 is 10.6 Å². The fraction of sp³-hybridized carbons (Fsp3) is 0.571. The van der Waals surface area contributed by atoms with Gasteiger partial charge in [0.1, 0.15) is 0 Å². The number of benzene rings is 1. The molecule has 4 heteroatoms. The molecule has 1 saturated heterocycles. The van der Waals surface area contributed by atoms with Crippen LogP contribution in [0.1, 0.15) is 12.5 Å². The summed E-state index contributed by atoms with van der Waals surface area (Å²) < 4.78 is 1.15. The predicted molar refractivity (Wildman–Crippen MR) is 81.2 cm³/mol. The summed E-state index contributed by atoms with van der Waals surface area (Å²) in [6.45, 7) is 9.52. The maximum absolute atomic E-state index is 5.73. The van der Waals surface area contributed by atoms with Crippen molar-refractivity contribution in [2.75, 3.05) is 37.6 Å². The average Bonchev–Trinajstić information content (AvgIpc) is 2.38. The van der Waals surface area contributed by atoms with Crippen LogP contribution in [0.25, 0.3) is 0 Å². The summed E-state index contributed by atoms with van der Waals surface area (Å²) in [6, 6.07) is 7.02. The Morgan fingerprint density at radius 2 is 1.94 bits per heavy atom. The summed E-state index contributed by atoms with van der Waals surface area (Å²) in [4.78, 5) is 4.95. The second-order valence-electron chi connectivity index (χ2n) is 5.04. The van der Waals surface area contributed by atoms with Crippen LogP contribution >= 0.6 is 15.9 Å². The third kappa shape index (κ3) is 3.05. The molecule has 1 fully saturated rings. The lowest BCUT2D eigenvalue weighted by Gasteiger charge is -2.39. The van der Waals surface area contributed by atoms with Crippen LogP contribution in [-0.4, -0.2) is 43.7 Å². The first kappa shape index (κ1) is 13.8. The number of aryl methyl sites for hydroxylation is 1. The van der Waals surface area contributed by atoms with E-state index in [0.29, 0.717) is 6.04 Å². The van der Waals surface area contributed by atoms with E-state index in [1.165, 1.54) is 11.3 Å². The molecule has 3 nitrogen and oxygen atoms in total. The number of piperazine rings is 1. The smallest absolute Gasteiger partial charge is 0.0397 e. The highest BCUT2D eigenvalue weighted by Gasteiger charge is 2.21. The molecule has 0 saturated carbocycles. The van der Waals surface area contributed by atoms with Gasteiger partial charge in [0.15, 0.2) is 0 Å². The van der Waals surface area contributed by atoms with Gasteiger partial charge in [0, 0.05) is 48.9 Å². The Morgan fingerprint density at radius 1 is 1.28 bits per heavy atom. The van der Waals surface area contributed by atoms with Gasteiger partial charge in [-0.2, -0.15) is 0 Å². The van der Waals surface area contributed by atoms with Gasteiger partial charge < -0.3 is 10.6 Å². The zero-order chi connectivity index (χ0) is 13.1. The van der Waals surface area contributed by atoms with E-state index in [4.69, 9.17) is 5.73 Å². The molecule has 0 radical (unpaired) electrons. The molecule has 1 unspecified atom stereocenters. The summed E-state index contributed by atoms with van der Waals surface area (Å²) in [5.74, 6) is 0. The first-order valence-corrected chi connectivity index (χ1v) is 7.36. The maximum Gasteiger partial charge on any atom is 0.0397 e. The van der Waals surface area contributed by atoms with Gasteiger partial charge in [0.25, 0.3) is 0 Å². The third-order valence-corrected chi connectivity index (χ3v) is 4.27. The van der Waals surface area contributed by atoms with E-state index < -0.39 is 0 Å². The number of anilines is 1. The first-order chi connectivity index (χ1) is 8.61. The molecule has 100 valence electrons. The Hall–Kier alpha value is -0.580. The zero-order valence-corrected chi connectivity index (χ0v) is 12.8. The highest BCUT2D eigenvalue weighted by Crippen LogP contribution is 2.25. The Morgan fingerprint density at radius 3 is 2.50 bits per heavy atom. The van der Waals surface area contributed by atoms with Crippen LogP contribution in [0.5, 0.6) is 0 Å². The van der Waals surface area contributed by atoms with Gasteiger partial charge in [0.2, 0.25) is 0 Å². The molecule has 0 bridgehead atoms. The van der Waals surface area contributed by atoms with E-state index in [1.54, 1.807) is 0 Å². The lowest BCUT2D eigenvalue weighted by Crippen LogP contribution is -2.51. The van der Waals surface area contributed by atoms with Crippen molar-refractivity contribution in [2.24, 2.45) is 5.73 Å². The van der Waals surface area contributed by atoms with Crippen molar-refractivity contribution in [1.29, 1.82) is 0 Å². The van der Waals surface area contributed by atoms with E-state index in [-0.39, 0.29) is 0 Å². The average molecular weight is 312 g/mol. The Balaban J connectivity index is 2.01. The number of nitrogens with two attached hydrogens (primary N) is 1. The minimum Gasteiger partial charge on any atom is -0.369 e. The van der Waals surface area contributed by atoms with Gasteiger partial charge in [0.05, 0.1) is 0 Å². The summed E-state index contributed by atoms with van der Waals surface area (Å²) in [5.41, 5.74) is 8.43. The van der Waals surface area contributed by atoms with Gasteiger partial charge in [-0.1, -0.05) is 15.9 Å². The minimum absolute atomic E-state index is 0.498. The molecule has 0 aromatic heterocycles. The van der Waals surface area contributed by atoms with E-state index in [9.17, 15) is 0 Å². The van der Waals surface area contributed by atoms with Crippen LogP contribution in [-0.2, 0) is 0 Å². The topological polar surface area (TPSA) is 32.5 Å². The molecule has 1 aliphatic rings. The summed E-state index contributed by atoms with van der Waals surface area (Å²) >= 11 is 3.52. The second-order valence-corrected chi connectivity index (χ2v) is 5.95. The van der Waals surface area contributed by atoms with Crippen LogP contribution in [0.3, 0.4) is 0 Å². The van der Waals surface area contributed by atoms with Crippen molar-refractivity contribution >= 4 is 21.6 Å². The van der Waals surface area contributed by atoms with Crippen molar-refractivity contribution in [3.63, 3.8) is 0 Å². The number of halogens is 1. The lowest BCUT2D eigenvalue weighted by molar-refractivity contribution is 0.201. The predicted octanol–water partition coefficient (Wildman–Crippen LogP) is 2.23. The number of hydrogen-bond acceptors (Lipinski definition) is 3. The van der Waals surface area contributed by atoms with Crippen LogP contribution in [0.2, 0.25) is 0 Å². The maximum atomic E-state index is 5.73. The van der Waals surface area contributed by atoms with Gasteiger partial charge in [-0.3, -0.25) is 4.90 Å². The van der Waals surface area contributed by atoms with Crippen molar-refractivity contribution in [1.82, 2.24) is 4.90 Å².